The molecule has 0 bridgehead atoms. The number of carbonyl (C=O) groups is 1. The molecule has 0 aliphatic carbocycles. The van der Waals surface area contributed by atoms with E-state index in [0.29, 0.717) is 5.82 Å². The number of amides is 1. The van der Waals surface area contributed by atoms with Crippen molar-refractivity contribution < 1.29 is 13.6 Å². The standard InChI is InChI=1S/C12H10F2N4O/c1-15-11-6-16-10(5-17-11)12(19)18-9-4-7(13)2-3-8(9)14/h2-6H,1H3,(H,15,17)(H,18,19). The molecular weight excluding hydrogens is 254 g/mol. The zero-order valence-electron chi connectivity index (χ0n) is 9.95. The van der Waals surface area contributed by atoms with Crippen LogP contribution in [-0.2, 0) is 0 Å². The van der Waals surface area contributed by atoms with Gasteiger partial charge >= 0.3 is 0 Å². The van der Waals surface area contributed by atoms with Crippen LogP contribution in [0.1, 0.15) is 10.5 Å². The lowest BCUT2D eigenvalue weighted by atomic mass is 10.3. The van der Waals surface area contributed by atoms with E-state index in [2.05, 4.69) is 20.6 Å². The average Bonchev–Trinajstić information content (AvgIpc) is 2.43. The van der Waals surface area contributed by atoms with Gasteiger partial charge in [-0.15, -0.1) is 0 Å². The van der Waals surface area contributed by atoms with E-state index in [1.165, 1.54) is 12.4 Å². The molecule has 0 aliphatic rings. The van der Waals surface area contributed by atoms with Crippen LogP contribution in [0.4, 0.5) is 20.3 Å². The predicted octanol–water partition coefficient (Wildman–Crippen LogP) is 2.05. The summed E-state index contributed by atoms with van der Waals surface area (Å²) in [5, 5.41) is 4.97. The van der Waals surface area contributed by atoms with Crippen molar-refractivity contribution in [1.29, 1.82) is 0 Å². The van der Waals surface area contributed by atoms with E-state index in [1.807, 2.05) is 0 Å². The van der Waals surface area contributed by atoms with E-state index in [-0.39, 0.29) is 11.4 Å². The van der Waals surface area contributed by atoms with Crippen molar-refractivity contribution >= 4 is 17.4 Å². The molecule has 5 nitrogen and oxygen atoms in total. The summed E-state index contributed by atoms with van der Waals surface area (Å²) < 4.78 is 26.3. The van der Waals surface area contributed by atoms with Gasteiger partial charge in [0, 0.05) is 13.1 Å². The molecule has 0 aliphatic heterocycles. The number of nitrogens with zero attached hydrogens (tertiary/aromatic N) is 2. The van der Waals surface area contributed by atoms with Crippen LogP contribution in [0, 0.1) is 11.6 Å². The van der Waals surface area contributed by atoms with Crippen LogP contribution >= 0.6 is 0 Å². The molecule has 1 aromatic heterocycles. The maximum atomic E-state index is 13.3. The Labute approximate surface area is 107 Å². The van der Waals surface area contributed by atoms with Crippen molar-refractivity contribution in [3.05, 3.63) is 47.9 Å². The first kappa shape index (κ1) is 12.9. The molecule has 0 saturated carbocycles. The summed E-state index contributed by atoms with van der Waals surface area (Å²) in [4.78, 5) is 19.5. The normalized spacial score (nSPS) is 10.1. The molecule has 19 heavy (non-hydrogen) atoms. The Bertz CT molecular complexity index is 601. The Balaban J connectivity index is 2.18. The third kappa shape index (κ3) is 3.01. The minimum absolute atomic E-state index is 0.00246. The summed E-state index contributed by atoms with van der Waals surface area (Å²) in [6, 6.07) is 2.79. The Morgan fingerprint density at radius 2 is 2.00 bits per heavy atom. The zero-order valence-corrected chi connectivity index (χ0v) is 9.95. The number of benzene rings is 1. The SMILES string of the molecule is CNc1cnc(C(=O)Nc2cc(F)ccc2F)cn1. The van der Waals surface area contributed by atoms with E-state index < -0.39 is 17.5 Å². The van der Waals surface area contributed by atoms with Gasteiger partial charge in [-0.05, 0) is 12.1 Å². The highest BCUT2D eigenvalue weighted by atomic mass is 19.1. The van der Waals surface area contributed by atoms with E-state index >= 15 is 0 Å². The van der Waals surface area contributed by atoms with Gasteiger partial charge in [-0.1, -0.05) is 0 Å². The van der Waals surface area contributed by atoms with E-state index in [4.69, 9.17) is 0 Å². The number of carbonyl (C=O) groups excluding carboxylic acids is 1. The smallest absolute Gasteiger partial charge is 0.275 e. The Morgan fingerprint density at radius 3 is 2.63 bits per heavy atom. The topological polar surface area (TPSA) is 66.9 Å². The lowest BCUT2D eigenvalue weighted by molar-refractivity contribution is 0.102. The van der Waals surface area contributed by atoms with Crippen molar-refractivity contribution in [2.75, 3.05) is 17.7 Å². The lowest BCUT2D eigenvalue weighted by Crippen LogP contribution is -2.15. The molecule has 0 spiro atoms. The molecule has 0 unspecified atom stereocenters. The maximum absolute atomic E-state index is 13.3. The van der Waals surface area contributed by atoms with Crippen LogP contribution < -0.4 is 10.6 Å². The first-order valence-electron chi connectivity index (χ1n) is 5.36. The number of hydrogen-bond acceptors (Lipinski definition) is 4. The van der Waals surface area contributed by atoms with Gasteiger partial charge < -0.3 is 10.6 Å². The van der Waals surface area contributed by atoms with Gasteiger partial charge in [-0.3, -0.25) is 4.79 Å². The second kappa shape index (κ2) is 5.38. The Kier molecular flexibility index (Phi) is 3.65. The second-order valence-electron chi connectivity index (χ2n) is 3.62. The highest BCUT2D eigenvalue weighted by Gasteiger charge is 2.11. The quantitative estimate of drug-likeness (QED) is 0.890. The van der Waals surface area contributed by atoms with Crippen LogP contribution in [-0.4, -0.2) is 22.9 Å². The first-order valence-corrected chi connectivity index (χ1v) is 5.36. The number of halogens is 2. The minimum Gasteiger partial charge on any atom is -0.372 e. The molecule has 2 aromatic rings. The van der Waals surface area contributed by atoms with Gasteiger partial charge in [0.25, 0.3) is 5.91 Å². The predicted molar refractivity (Wildman–Crippen MR) is 65.9 cm³/mol. The number of nitrogens with one attached hydrogen (secondary N) is 2. The van der Waals surface area contributed by atoms with Gasteiger partial charge in [0.05, 0.1) is 18.1 Å². The molecule has 0 saturated heterocycles. The fourth-order valence-corrected chi connectivity index (χ4v) is 1.35. The summed E-state index contributed by atoms with van der Waals surface area (Å²) in [5.74, 6) is -1.55. The molecule has 7 heteroatoms. The molecule has 1 aromatic carbocycles. The number of aromatic nitrogens is 2. The molecule has 0 fully saturated rings. The van der Waals surface area contributed by atoms with Crippen molar-refractivity contribution in [2.24, 2.45) is 0 Å². The number of anilines is 2. The molecule has 98 valence electrons. The minimum atomic E-state index is -0.727. The molecule has 2 rings (SSSR count). The van der Waals surface area contributed by atoms with Crippen molar-refractivity contribution in [2.45, 2.75) is 0 Å². The summed E-state index contributed by atoms with van der Waals surface area (Å²) in [5.41, 5.74) is -0.243. The second-order valence-corrected chi connectivity index (χ2v) is 3.62. The molecule has 1 amide bonds. The van der Waals surface area contributed by atoms with Gasteiger partial charge in [0.2, 0.25) is 0 Å². The van der Waals surface area contributed by atoms with Crippen LogP contribution in [0.15, 0.2) is 30.6 Å². The average molecular weight is 264 g/mol. The lowest BCUT2D eigenvalue weighted by Gasteiger charge is -2.06. The number of hydrogen-bond donors (Lipinski definition) is 2. The van der Waals surface area contributed by atoms with Crippen LogP contribution in [0.2, 0.25) is 0 Å². The fraction of sp³-hybridized carbons (Fsp3) is 0.0833. The van der Waals surface area contributed by atoms with Gasteiger partial charge in [-0.2, -0.15) is 0 Å². The fourth-order valence-electron chi connectivity index (χ4n) is 1.35. The third-order valence-electron chi connectivity index (χ3n) is 2.32. The molecule has 0 atom stereocenters. The van der Waals surface area contributed by atoms with Crippen LogP contribution in [0.5, 0.6) is 0 Å². The monoisotopic (exact) mass is 264 g/mol. The molecule has 1 heterocycles. The van der Waals surface area contributed by atoms with Crippen molar-refractivity contribution in [3.8, 4) is 0 Å². The van der Waals surface area contributed by atoms with E-state index in [1.54, 1.807) is 7.05 Å². The summed E-state index contributed by atoms with van der Waals surface area (Å²) >= 11 is 0. The van der Waals surface area contributed by atoms with Crippen molar-refractivity contribution in [3.63, 3.8) is 0 Å². The van der Waals surface area contributed by atoms with E-state index in [0.717, 1.165) is 18.2 Å². The van der Waals surface area contributed by atoms with Crippen LogP contribution in [0.3, 0.4) is 0 Å². The van der Waals surface area contributed by atoms with Gasteiger partial charge in [-0.25, -0.2) is 18.7 Å². The largest absolute Gasteiger partial charge is 0.372 e. The Hall–Kier alpha value is -2.57. The number of rotatable bonds is 3. The molecule has 0 radical (unpaired) electrons. The van der Waals surface area contributed by atoms with E-state index in [9.17, 15) is 13.6 Å². The Morgan fingerprint density at radius 1 is 1.21 bits per heavy atom. The highest BCUT2D eigenvalue weighted by Crippen LogP contribution is 2.16. The van der Waals surface area contributed by atoms with Gasteiger partial charge in [0.1, 0.15) is 23.1 Å². The third-order valence-corrected chi connectivity index (χ3v) is 2.32. The van der Waals surface area contributed by atoms with Gasteiger partial charge in [0.15, 0.2) is 0 Å². The molecule has 2 N–H and O–H groups in total. The summed E-state index contributed by atoms with van der Waals surface area (Å²) in [6.45, 7) is 0. The van der Waals surface area contributed by atoms with Crippen molar-refractivity contribution in [1.82, 2.24) is 9.97 Å². The van der Waals surface area contributed by atoms with Crippen LogP contribution in [0.25, 0.3) is 0 Å². The summed E-state index contributed by atoms with van der Waals surface area (Å²) in [7, 11) is 1.66. The zero-order chi connectivity index (χ0) is 13.8. The first-order chi connectivity index (χ1) is 9.10. The molecular formula is C12H10F2N4O. The highest BCUT2D eigenvalue weighted by molar-refractivity contribution is 6.02. The maximum Gasteiger partial charge on any atom is 0.275 e. The summed E-state index contributed by atoms with van der Waals surface area (Å²) in [6.07, 6.45) is 2.59.